The van der Waals surface area contributed by atoms with Crippen LogP contribution in [0, 0.1) is 0 Å². The molecule has 116 valence electrons. The van der Waals surface area contributed by atoms with Crippen LogP contribution in [0.3, 0.4) is 0 Å². The van der Waals surface area contributed by atoms with E-state index in [4.69, 9.17) is 0 Å². The highest BCUT2D eigenvalue weighted by Crippen LogP contribution is 2.27. The van der Waals surface area contributed by atoms with Crippen molar-refractivity contribution in [1.82, 2.24) is 5.43 Å². The van der Waals surface area contributed by atoms with Gasteiger partial charge in [-0.3, -0.25) is 4.79 Å². The number of hydrazone groups is 1. The van der Waals surface area contributed by atoms with E-state index in [0.29, 0.717) is 5.56 Å². The first-order chi connectivity index (χ1) is 11.8. The molecule has 0 saturated carbocycles. The van der Waals surface area contributed by atoms with Gasteiger partial charge in [0.2, 0.25) is 0 Å². The lowest BCUT2D eigenvalue weighted by molar-refractivity contribution is 0.0955. The van der Waals surface area contributed by atoms with Gasteiger partial charge in [0, 0.05) is 16.7 Å². The van der Waals surface area contributed by atoms with Crippen LogP contribution in [0.4, 0.5) is 0 Å². The number of nitrogens with one attached hydrogen (secondary N) is 1. The van der Waals surface area contributed by atoms with Crippen molar-refractivity contribution in [2.75, 3.05) is 0 Å². The Morgan fingerprint density at radius 3 is 1.92 bits per heavy atom. The second kappa shape index (κ2) is 6.13. The predicted molar refractivity (Wildman–Crippen MR) is 95.2 cm³/mol. The van der Waals surface area contributed by atoms with Gasteiger partial charge in [0.05, 0.1) is 5.71 Å². The molecule has 0 bridgehead atoms. The van der Waals surface area contributed by atoms with Crippen LogP contribution in [-0.4, -0.2) is 11.6 Å². The molecule has 1 aliphatic rings. The molecule has 0 heterocycles. The van der Waals surface area contributed by atoms with E-state index < -0.39 is 0 Å². The van der Waals surface area contributed by atoms with Gasteiger partial charge >= 0.3 is 0 Å². The van der Waals surface area contributed by atoms with E-state index in [0.717, 1.165) is 23.3 Å². The molecule has 1 amide bonds. The minimum absolute atomic E-state index is 0.205. The molecule has 3 heteroatoms. The molecule has 0 aromatic heterocycles. The number of carbonyl (C=O) groups is 1. The Labute approximate surface area is 140 Å². The van der Waals surface area contributed by atoms with E-state index in [2.05, 4.69) is 34.8 Å². The Balaban J connectivity index is 1.73. The maximum absolute atomic E-state index is 12.3. The van der Waals surface area contributed by atoms with E-state index in [1.165, 1.54) is 11.1 Å². The van der Waals surface area contributed by atoms with Crippen LogP contribution in [0.1, 0.15) is 32.6 Å². The third-order valence-electron chi connectivity index (χ3n) is 4.23. The molecule has 0 atom stereocenters. The molecule has 0 unspecified atom stereocenters. The molecule has 0 radical (unpaired) electrons. The number of benzene rings is 3. The zero-order valence-electron chi connectivity index (χ0n) is 13.1. The number of hydrogen-bond acceptors (Lipinski definition) is 2. The summed E-state index contributed by atoms with van der Waals surface area (Å²) in [6.07, 6.45) is 0.887. The maximum atomic E-state index is 12.3. The van der Waals surface area contributed by atoms with Gasteiger partial charge in [-0.1, -0.05) is 66.7 Å². The third kappa shape index (κ3) is 2.61. The number of nitrogens with zero attached hydrogens (tertiary/aromatic N) is 1. The van der Waals surface area contributed by atoms with Crippen molar-refractivity contribution in [1.29, 1.82) is 0 Å². The monoisotopic (exact) mass is 312 g/mol. The average molecular weight is 312 g/mol. The molecule has 1 N–H and O–H groups in total. The van der Waals surface area contributed by atoms with Crippen molar-refractivity contribution in [2.24, 2.45) is 5.10 Å². The van der Waals surface area contributed by atoms with Crippen LogP contribution in [0.25, 0.3) is 0 Å². The van der Waals surface area contributed by atoms with Crippen molar-refractivity contribution in [3.63, 3.8) is 0 Å². The lowest BCUT2D eigenvalue weighted by Gasteiger charge is -2.21. The van der Waals surface area contributed by atoms with E-state index in [1.807, 2.05) is 42.5 Å². The average Bonchev–Trinajstić information content (AvgIpc) is 2.65. The molecule has 3 aromatic rings. The number of amides is 1. The first kappa shape index (κ1) is 14.4. The summed E-state index contributed by atoms with van der Waals surface area (Å²) in [4.78, 5) is 12.3. The standard InChI is InChI=1S/C21H16N2O/c24-21(15-8-2-1-3-9-15)23-22-20-18-12-6-4-10-16(18)14-17-11-5-7-13-19(17)20/h1-13H,14H2,(H,23,24). The lowest BCUT2D eigenvalue weighted by Crippen LogP contribution is -2.23. The summed E-state index contributed by atoms with van der Waals surface area (Å²) in [5.74, 6) is -0.205. The highest BCUT2D eigenvalue weighted by atomic mass is 16.2. The quantitative estimate of drug-likeness (QED) is 0.562. The van der Waals surface area contributed by atoms with Gasteiger partial charge in [-0.25, -0.2) is 5.43 Å². The van der Waals surface area contributed by atoms with E-state index in [1.54, 1.807) is 12.1 Å². The van der Waals surface area contributed by atoms with Crippen molar-refractivity contribution in [3.8, 4) is 0 Å². The minimum atomic E-state index is -0.205. The largest absolute Gasteiger partial charge is 0.271 e. The molecule has 0 spiro atoms. The van der Waals surface area contributed by atoms with Crippen molar-refractivity contribution >= 4 is 11.6 Å². The maximum Gasteiger partial charge on any atom is 0.271 e. The molecule has 3 aromatic carbocycles. The van der Waals surface area contributed by atoms with E-state index in [-0.39, 0.29) is 5.91 Å². The van der Waals surface area contributed by atoms with Gasteiger partial charge in [0.25, 0.3) is 5.91 Å². The predicted octanol–water partition coefficient (Wildman–Crippen LogP) is 3.77. The zero-order chi connectivity index (χ0) is 16.4. The van der Waals surface area contributed by atoms with Crippen LogP contribution in [0.15, 0.2) is 84.0 Å². The molecule has 0 aliphatic heterocycles. The van der Waals surface area contributed by atoms with Gasteiger partial charge in [0.1, 0.15) is 0 Å². The van der Waals surface area contributed by atoms with Gasteiger partial charge in [-0.05, 0) is 29.7 Å². The summed E-state index contributed by atoms with van der Waals surface area (Å²) >= 11 is 0. The molecular weight excluding hydrogens is 296 g/mol. The summed E-state index contributed by atoms with van der Waals surface area (Å²) in [7, 11) is 0. The number of carbonyl (C=O) groups excluding carboxylic acids is 1. The van der Waals surface area contributed by atoms with Gasteiger partial charge in [-0.2, -0.15) is 5.10 Å². The fraction of sp³-hybridized carbons (Fsp3) is 0.0476. The molecule has 0 fully saturated rings. The Kier molecular flexibility index (Phi) is 3.67. The molecule has 24 heavy (non-hydrogen) atoms. The summed E-state index contributed by atoms with van der Waals surface area (Å²) in [6.45, 7) is 0. The lowest BCUT2D eigenvalue weighted by atomic mass is 9.85. The minimum Gasteiger partial charge on any atom is -0.267 e. The molecular formula is C21H16N2O. The first-order valence-electron chi connectivity index (χ1n) is 7.92. The Morgan fingerprint density at radius 1 is 0.750 bits per heavy atom. The number of rotatable bonds is 2. The van der Waals surface area contributed by atoms with Crippen LogP contribution in [0.5, 0.6) is 0 Å². The fourth-order valence-electron chi connectivity index (χ4n) is 3.04. The van der Waals surface area contributed by atoms with Crippen molar-refractivity contribution in [3.05, 3.63) is 107 Å². The Morgan fingerprint density at radius 2 is 1.29 bits per heavy atom. The number of hydrogen-bond donors (Lipinski definition) is 1. The summed E-state index contributed by atoms with van der Waals surface area (Å²) in [5, 5.41) is 4.46. The third-order valence-corrected chi connectivity index (χ3v) is 4.23. The summed E-state index contributed by atoms with van der Waals surface area (Å²) in [5.41, 5.74) is 8.71. The van der Waals surface area contributed by atoms with Gasteiger partial charge in [-0.15, -0.1) is 0 Å². The van der Waals surface area contributed by atoms with Crippen molar-refractivity contribution < 1.29 is 4.79 Å². The van der Waals surface area contributed by atoms with E-state index in [9.17, 15) is 4.79 Å². The van der Waals surface area contributed by atoms with Gasteiger partial charge in [0.15, 0.2) is 0 Å². The molecule has 0 saturated heterocycles. The van der Waals surface area contributed by atoms with Crippen LogP contribution in [0.2, 0.25) is 0 Å². The Bertz CT molecular complexity index is 882. The fourth-order valence-corrected chi connectivity index (χ4v) is 3.04. The van der Waals surface area contributed by atoms with Crippen LogP contribution in [-0.2, 0) is 6.42 Å². The zero-order valence-corrected chi connectivity index (χ0v) is 13.1. The van der Waals surface area contributed by atoms with Crippen LogP contribution >= 0.6 is 0 Å². The molecule has 1 aliphatic carbocycles. The van der Waals surface area contributed by atoms with Crippen molar-refractivity contribution in [2.45, 2.75) is 6.42 Å². The van der Waals surface area contributed by atoms with Crippen LogP contribution < -0.4 is 5.43 Å². The van der Waals surface area contributed by atoms with Gasteiger partial charge < -0.3 is 0 Å². The highest BCUT2D eigenvalue weighted by molar-refractivity contribution is 6.16. The molecule has 3 nitrogen and oxygen atoms in total. The Hall–Kier alpha value is -3.20. The SMILES string of the molecule is O=C(NN=C1c2ccccc2Cc2ccccc21)c1ccccc1. The summed E-state index contributed by atoms with van der Waals surface area (Å²) in [6, 6.07) is 25.5. The first-order valence-corrected chi connectivity index (χ1v) is 7.92. The normalized spacial score (nSPS) is 12.1. The second-order valence-corrected chi connectivity index (χ2v) is 5.76. The summed E-state index contributed by atoms with van der Waals surface area (Å²) < 4.78 is 0. The highest BCUT2D eigenvalue weighted by Gasteiger charge is 2.21. The topological polar surface area (TPSA) is 41.5 Å². The second-order valence-electron chi connectivity index (χ2n) is 5.76. The van der Waals surface area contributed by atoms with E-state index >= 15 is 0 Å². The smallest absolute Gasteiger partial charge is 0.267 e. The number of fused-ring (bicyclic) bond motifs is 2. The molecule has 4 rings (SSSR count).